The summed E-state index contributed by atoms with van der Waals surface area (Å²) in [6.45, 7) is 1.82. The van der Waals surface area contributed by atoms with E-state index in [4.69, 9.17) is 9.47 Å². The molecule has 1 aliphatic heterocycles. The molecule has 2 aromatic carbocycles. The molecule has 9 nitrogen and oxygen atoms in total. The zero-order chi connectivity index (χ0) is 22.8. The summed E-state index contributed by atoms with van der Waals surface area (Å²) in [5, 5.41) is 5.83. The van der Waals surface area contributed by atoms with Crippen molar-refractivity contribution in [3.05, 3.63) is 40.8 Å². The minimum Gasteiger partial charge on any atom is -0.497 e. The highest BCUT2D eigenvalue weighted by molar-refractivity contribution is 6.04. The Labute approximate surface area is 186 Å². The van der Waals surface area contributed by atoms with Gasteiger partial charge in [0, 0.05) is 33.3 Å². The molecule has 1 fully saturated rings. The van der Waals surface area contributed by atoms with Crippen molar-refractivity contribution < 1.29 is 14.3 Å². The molecule has 1 aromatic heterocycles. The number of aromatic nitrogens is 2. The molecule has 3 aromatic rings. The first kappa shape index (κ1) is 21.6. The highest BCUT2D eigenvalue weighted by Gasteiger charge is 2.20. The second-order valence-electron chi connectivity index (χ2n) is 7.95. The molecule has 0 spiro atoms. The lowest BCUT2D eigenvalue weighted by Crippen LogP contribution is -2.31. The van der Waals surface area contributed by atoms with Crippen molar-refractivity contribution in [2.24, 2.45) is 14.1 Å². The standard InChI is InChI=1S/C23H29N5O4/c1-26-19-13-17(25-22(29)24-16-9-8-15(31-3)12-21(16)32-4)18(28-10-6-5-7-11-28)14-20(19)27(2)23(26)30/h8-9,12-14H,5-7,10-11H2,1-4H3,(H2,24,25,29). The zero-order valence-corrected chi connectivity index (χ0v) is 18.9. The maximum absolute atomic E-state index is 12.9. The number of nitrogens with one attached hydrogen (secondary N) is 2. The Kier molecular flexibility index (Phi) is 5.98. The first-order valence-corrected chi connectivity index (χ1v) is 10.7. The quantitative estimate of drug-likeness (QED) is 0.635. The third kappa shape index (κ3) is 3.98. The molecule has 2 amide bonds. The van der Waals surface area contributed by atoms with E-state index in [0.717, 1.165) is 42.7 Å². The zero-order valence-electron chi connectivity index (χ0n) is 18.9. The summed E-state index contributed by atoms with van der Waals surface area (Å²) in [5.41, 5.74) is 3.59. The summed E-state index contributed by atoms with van der Waals surface area (Å²) in [7, 11) is 6.61. The van der Waals surface area contributed by atoms with Crippen LogP contribution in [0.15, 0.2) is 35.1 Å². The van der Waals surface area contributed by atoms with Gasteiger partial charge in [-0.2, -0.15) is 0 Å². The average molecular weight is 440 g/mol. The van der Waals surface area contributed by atoms with Crippen molar-refractivity contribution in [2.45, 2.75) is 19.3 Å². The van der Waals surface area contributed by atoms with Gasteiger partial charge in [-0.25, -0.2) is 9.59 Å². The van der Waals surface area contributed by atoms with Gasteiger partial charge in [0.1, 0.15) is 11.5 Å². The highest BCUT2D eigenvalue weighted by Crippen LogP contribution is 2.34. The van der Waals surface area contributed by atoms with Crippen molar-refractivity contribution in [3.8, 4) is 11.5 Å². The van der Waals surface area contributed by atoms with Gasteiger partial charge in [0.05, 0.1) is 42.3 Å². The molecule has 170 valence electrons. The Hall–Kier alpha value is -3.62. The summed E-state index contributed by atoms with van der Waals surface area (Å²) in [6.07, 6.45) is 3.39. The van der Waals surface area contributed by atoms with Gasteiger partial charge in [-0.3, -0.25) is 9.13 Å². The van der Waals surface area contributed by atoms with Crippen molar-refractivity contribution in [3.63, 3.8) is 0 Å². The number of methoxy groups -OCH3 is 2. The predicted octanol–water partition coefficient (Wildman–Crippen LogP) is 3.53. The van der Waals surface area contributed by atoms with Crippen molar-refractivity contribution >= 4 is 34.1 Å². The van der Waals surface area contributed by atoms with Crippen LogP contribution in [0.3, 0.4) is 0 Å². The van der Waals surface area contributed by atoms with E-state index >= 15 is 0 Å². The van der Waals surface area contributed by atoms with Crippen LogP contribution in [0.2, 0.25) is 0 Å². The molecule has 0 aliphatic carbocycles. The lowest BCUT2D eigenvalue weighted by molar-refractivity contribution is 0.262. The summed E-state index contributed by atoms with van der Waals surface area (Å²) in [6, 6.07) is 8.65. The number of anilines is 3. The van der Waals surface area contributed by atoms with E-state index in [2.05, 4.69) is 15.5 Å². The Morgan fingerprint density at radius 1 is 0.875 bits per heavy atom. The Morgan fingerprint density at radius 3 is 2.19 bits per heavy atom. The molecule has 2 heterocycles. The van der Waals surface area contributed by atoms with Crippen molar-refractivity contribution in [1.29, 1.82) is 0 Å². The molecular weight excluding hydrogens is 410 g/mol. The SMILES string of the molecule is COc1ccc(NC(=O)Nc2cc3c(cc2N2CCCCC2)n(C)c(=O)n3C)c(OC)c1. The molecule has 9 heteroatoms. The van der Waals surface area contributed by atoms with Crippen LogP contribution < -0.4 is 30.7 Å². The Balaban J connectivity index is 1.68. The predicted molar refractivity (Wildman–Crippen MR) is 126 cm³/mol. The summed E-state index contributed by atoms with van der Waals surface area (Å²) in [4.78, 5) is 27.7. The fourth-order valence-electron chi connectivity index (χ4n) is 4.21. The third-order valence-corrected chi connectivity index (χ3v) is 5.99. The van der Waals surface area contributed by atoms with Crippen LogP contribution in [0.1, 0.15) is 19.3 Å². The van der Waals surface area contributed by atoms with Gasteiger partial charge >= 0.3 is 11.7 Å². The first-order valence-electron chi connectivity index (χ1n) is 10.7. The largest absolute Gasteiger partial charge is 0.497 e. The smallest absolute Gasteiger partial charge is 0.328 e. The van der Waals surface area contributed by atoms with Gasteiger partial charge in [0.2, 0.25) is 0 Å². The number of rotatable bonds is 5. The van der Waals surface area contributed by atoms with Crippen LogP contribution in [0.4, 0.5) is 21.9 Å². The number of aryl methyl sites for hydroxylation is 2. The molecular formula is C23H29N5O4. The maximum Gasteiger partial charge on any atom is 0.328 e. The Bertz CT molecular complexity index is 1210. The van der Waals surface area contributed by atoms with Crippen LogP contribution in [0, 0.1) is 0 Å². The van der Waals surface area contributed by atoms with Crippen molar-refractivity contribution in [2.75, 3.05) is 42.8 Å². The van der Waals surface area contributed by atoms with Gasteiger partial charge in [0.25, 0.3) is 0 Å². The van der Waals surface area contributed by atoms with E-state index in [1.54, 1.807) is 48.5 Å². The molecule has 1 aliphatic rings. The van der Waals surface area contributed by atoms with Crippen LogP contribution >= 0.6 is 0 Å². The molecule has 0 atom stereocenters. The van der Waals surface area contributed by atoms with E-state index in [1.807, 2.05) is 12.1 Å². The van der Waals surface area contributed by atoms with E-state index < -0.39 is 6.03 Å². The summed E-state index contributed by atoms with van der Waals surface area (Å²) < 4.78 is 13.8. The van der Waals surface area contributed by atoms with Gasteiger partial charge in [-0.15, -0.1) is 0 Å². The van der Waals surface area contributed by atoms with Crippen molar-refractivity contribution in [1.82, 2.24) is 9.13 Å². The minimum atomic E-state index is -0.396. The summed E-state index contributed by atoms with van der Waals surface area (Å²) >= 11 is 0. The molecule has 2 N–H and O–H groups in total. The number of benzene rings is 2. The number of nitrogens with zero attached hydrogens (tertiary/aromatic N) is 3. The first-order chi connectivity index (χ1) is 15.4. The number of piperidine rings is 1. The van der Waals surface area contributed by atoms with Gasteiger partial charge < -0.3 is 25.0 Å². The second-order valence-corrected chi connectivity index (χ2v) is 7.95. The molecule has 1 saturated heterocycles. The molecule has 0 unspecified atom stereocenters. The van der Waals surface area contributed by atoms with E-state index in [9.17, 15) is 9.59 Å². The molecule has 0 radical (unpaired) electrons. The molecule has 0 saturated carbocycles. The van der Waals surface area contributed by atoms with E-state index in [0.29, 0.717) is 22.9 Å². The van der Waals surface area contributed by atoms with Crippen LogP contribution in [0.5, 0.6) is 11.5 Å². The number of carbonyl (C=O) groups excluding carboxylic acids is 1. The lowest BCUT2D eigenvalue weighted by Gasteiger charge is -2.30. The number of hydrogen-bond donors (Lipinski definition) is 2. The van der Waals surface area contributed by atoms with Gasteiger partial charge in [-0.05, 0) is 43.5 Å². The van der Waals surface area contributed by atoms with Gasteiger partial charge in [-0.1, -0.05) is 0 Å². The normalized spacial score (nSPS) is 13.8. The maximum atomic E-state index is 12.9. The number of fused-ring (bicyclic) bond motifs is 1. The monoisotopic (exact) mass is 439 g/mol. The van der Waals surface area contributed by atoms with Gasteiger partial charge in [0.15, 0.2) is 0 Å². The summed E-state index contributed by atoms with van der Waals surface area (Å²) in [5.74, 6) is 1.13. The highest BCUT2D eigenvalue weighted by atomic mass is 16.5. The second kappa shape index (κ2) is 8.86. The number of urea groups is 1. The lowest BCUT2D eigenvalue weighted by atomic mass is 10.1. The molecule has 4 rings (SSSR count). The van der Waals surface area contributed by atoms with Crippen LogP contribution in [-0.4, -0.2) is 42.5 Å². The number of ether oxygens (including phenoxy) is 2. The fraction of sp³-hybridized carbons (Fsp3) is 0.391. The van der Waals surface area contributed by atoms with E-state index in [1.165, 1.54) is 13.5 Å². The van der Waals surface area contributed by atoms with Crippen LogP contribution in [-0.2, 0) is 14.1 Å². The molecule has 0 bridgehead atoms. The average Bonchev–Trinajstić information content (AvgIpc) is 3.02. The fourth-order valence-corrected chi connectivity index (χ4v) is 4.21. The number of carbonyl (C=O) groups is 1. The number of amides is 2. The molecule has 32 heavy (non-hydrogen) atoms. The van der Waals surface area contributed by atoms with Crippen LogP contribution in [0.25, 0.3) is 11.0 Å². The topological polar surface area (TPSA) is 89.8 Å². The minimum absolute atomic E-state index is 0.103. The number of imidazole rings is 1. The van der Waals surface area contributed by atoms with E-state index in [-0.39, 0.29) is 5.69 Å². The third-order valence-electron chi connectivity index (χ3n) is 5.99. The Morgan fingerprint density at radius 2 is 1.53 bits per heavy atom. The number of hydrogen-bond acceptors (Lipinski definition) is 5.